The van der Waals surface area contributed by atoms with Crippen LogP contribution in [0.25, 0.3) is 0 Å². The molecular weight excluding hydrogens is 237 g/mol. The molecule has 5 heteroatoms. The molecule has 1 atom stereocenters. The average Bonchev–Trinajstić information content (AvgIpc) is 1.59. The first kappa shape index (κ1) is 18.9. The van der Waals surface area contributed by atoms with Gasteiger partial charge in [-0.2, -0.15) is 0 Å². The van der Waals surface area contributed by atoms with E-state index in [1.807, 2.05) is 18.7 Å². The molecule has 0 bridgehead atoms. The van der Waals surface area contributed by atoms with Gasteiger partial charge in [0, 0.05) is 5.75 Å². The molecule has 0 saturated heterocycles. The summed E-state index contributed by atoms with van der Waals surface area (Å²) in [7, 11) is 6.58. The first-order chi connectivity index (χ1) is 4.42. The molecule has 0 aliphatic carbocycles. The van der Waals surface area contributed by atoms with Crippen LogP contribution < -0.4 is 12.4 Å². The van der Waals surface area contributed by atoms with E-state index in [4.69, 9.17) is 11.6 Å². The van der Waals surface area contributed by atoms with Crippen molar-refractivity contribution >= 4 is 35.8 Å². The zero-order valence-electron chi connectivity index (χ0n) is 8.01. The Bertz CT molecular complexity index is 93.1. The van der Waals surface area contributed by atoms with Crippen molar-refractivity contribution in [3.8, 4) is 0 Å². The molecule has 0 aliphatic heterocycles. The largest absolute Gasteiger partial charge is 1.00 e. The van der Waals surface area contributed by atoms with E-state index < -0.39 is 0 Å². The van der Waals surface area contributed by atoms with Crippen molar-refractivity contribution in [2.75, 3.05) is 33.4 Å². The van der Waals surface area contributed by atoms with E-state index in [9.17, 15) is 0 Å². The van der Waals surface area contributed by atoms with Crippen molar-refractivity contribution in [1.82, 2.24) is 0 Å². The molecule has 0 aliphatic rings. The average molecular weight is 255 g/mol. The van der Waals surface area contributed by atoms with Gasteiger partial charge in [-0.1, -0.05) is 0 Å². The summed E-state index contributed by atoms with van der Waals surface area (Å²) in [6.45, 7) is 3.20. The number of alkyl halides is 1. The molecule has 0 aromatic rings. The van der Waals surface area contributed by atoms with E-state index in [0.717, 1.165) is 10.2 Å². The number of hydrogen-bond donors (Lipinski definition) is 0. The second-order valence-corrected chi connectivity index (χ2v) is 5.79. The van der Waals surface area contributed by atoms with Crippen molar-refractivity contribution in [3.05, 3.63) is 0 Å². The monoisotopic (exact) mass is 253 g/mol. The number of hydrogen-bond acceptors (Lipinski definition) is 1. The molecule has 0 rings (SSSR count). The minimum atomic E-state index is 0. The lowest BCUT2D eigenvalue weighted by molar-refractivity contribution is -0.867. The number of nitrogens with zero attached hydrogens (tertiary/aromatic N) is 1. The zero-order chi connectivity index (χ0) is 8.20. The smallest absolute Gasteiger partial charge is 0.0872 e. The van der Waals surface area contributed by atoms with Crippen LogP contribution in [0.3, 0.4) is 0 Å². The number of thioether (sulfide) groups is 1. The highest BCUT2D eigenvalue weighted by atomic mass is 35.5. The summed E-state index contributed by atoms with van der Waals surface area (Å²) in [6, 6.07) is 0. The third-order valence-corrected chi connectivity index (χ3v) is 2.37. The van der Waals surface area contributed by atoms with Crippen molar-refractivity contribution in [3.63, 3.8) is 0 Å². The van der Waals surface area contributed by atoms with Crippen molar-refractivity contribution < 1.29 is 16.9 Å². The molecular formula is C7H18Cl3NS. The first-order valence-corrected chi connectivity index (χ1v) is 4.96. The summed E-state index contributed by atoms with van der Waals surface area (Å²) in [5.74, 6) is 1.15. The quantitative estimate of drug-likeness (QED) is 0.479. The normalized spacial score (nSPS) is 12.8. The van der Waals surface area contributed by atoms with Gasteiger partial charge in [-0.3, -0.25) is 0 Å². The molecule has 0 fully saturated rings. The number of quaternary nitrogens is 1. The third kappa shape index (κ3) is 17.3. The lowest BCUT2D eigenvalue weighted by atomic mass is 10.6. The van der Waals surface area contributed by atoms with Gasteiger partial charge in [-0.15, -0.1) is 35.8 Å². The Labute approximate surface area is 97.6 Å². The number of halogens is 3. The van der Waals surface area contributed by atoms with Gasteiger partial charge in [-0.05, 0) is 6.92 Å². The van der Waals surface area contributed by atoms with Crippen LogP contribution >= 0.6 is 35.8 Å². The Kier molecular flexibility index (Phi) is 13.8. The lowest BCUT2D eigenvalue weighted by Crippen LogP contribution is -3.00. The van der Waals surface area contributed by atoms with Crippen LogP contribution in [0.2, 0.25) is 0 Å². The second kappa shape index (κ2) is 8.76. The molecule has 12 heavy (non-hydrogen) atoms. The van der Waals surface area contributed by atoms with Crippen LogP contribution in [-0.2, 0) is 0 Å². The second-order valence-electron chi connectivity index (χ2n) is 3.43. The fraction of sp³-hybridized carbons (Fsp3) is 1.00. The van der Waals surface area contributed by atoms with E-state index in [1.54, 1.807) is 0 Å². The van der Waals surface area contributed by atoms with Gasteiger partial charge in [0.15, 0.2) is 0 Å². The highest BCUT2D eigenvalue weighted by Gasteiger charge is 2.06. The number of rotatable bonds is 4. The topological polar surface area (TPSA) is 0 Å². The van der Waals surface area contributed by atoms with E-state index >= 15 is 0 Å². The molecule has 0 amide bonds. The summed E-state index contributed by atoms with van der Waals surface area (Å²) in [5.41, 5.74) is 0. The van der Waals surface area contributed by atoms with Crippen LogP contribution in [0.15, 0.2) is 0 Å². The van der Waals surface area contributed by atoms with Gasteiger partial charge in [0.05, 0.1) is 32.4 Å². The standard InChI is InChI=1S/C7H17ClNS.2ClH/c1-7(8)10-6-5-9(2,3)4;;/h7H,5-6H2,1-4H3;2*1H/q+1;;/p-1. The van der Waals surface area contributed by atoms with Crippen LogP contribution in [0.1, 0.15) is 6.92 Å². The zero-order valence-corrected chi connectivity index (χ0v) is 11.2. The van der Waals surface area contributed by atoms with Crippen molar-refractivity contribution in [2.24, 2.45) is 0 Å². The minimum absolute atomic E-state index is 0. The fourth-order valence-corrected chi connectivity index (χ4v) is 1.73. The molecule has 0 aromatic carbocycles. The van der Waals surface area contributed by atoms with E-state index in [2.05, 4.69) is 21.1 Å². The van der Waals surface area contributed by atoms with E-state index in [1.165, 1.54) is 6.54 Å². The van der Waals surface area contributed by atoms with Gasteiger partial charge in [0.1, 0.15) is 0 Å². The Balaban J connectivity index is -0.000000405. The first-order valence-electron chi connectivity index (χ1n) is 3.48. The molecule has 1 unspecified atom stereocenters. The maximum Gasteiger partial charge on any atom is 0.0872 e. The Morgan fingerprint density at radius 3 is 2.00 bits per heavy atom. The van der Waals surface area contributed by atoms with E-state index in [0.29, 0.717) is 0 Å². The SMILES string of the molecule is CC(Cl)SCC[N+](C)(C)C.Cl.[Cl-]. The molecule has 0 N–H and O–H groups in total. The molecule has 0 aromatic heterocycles. The predicted octanol–water partition coefficient (Wildman–Crippen LogP) is -0.564. The predicted molar refractivity (Wildman–Crippen MR) is 57.9 cm³/mol. The summed E-state index contributed by atoms with van der Waals surface area (Å²) < 4.78 is 1.28. The van der Waals surface area contributed by atoms with Gasteiger partial charge < -0.3 is 16.9 Å². The highest BCUT2D eigenvalue weighted by Crippen LogP contribution is 2.13. The fourth-order valence-electron chi connectivity index (χ4n) is 0.489. The van der Waals surface area contributed by atoms with E-state index in [-0.39, 0.29) is 29.5 Å². The maximum atomic E-state index is 5.76. The molecule has 0 heterocycles. The maximum absolute atomic E-state index is 5.76. The lowest BCUT2D eigenvalue weighted by Gasteiger charge is -2.23. The Morgan fingerprint density at radius 2 is 1.75 bits per heavy atom. The van der Waals surface area contributed by atoms with Crippen molar-refractivity contribution in [1.29, 1.82) is 0 Å². The highest BCUT2D eigenvalue weighted by molar-refractivity contribution is 8.01. The van der Waals surface area contributed by atoms with Crippen LogP contribution in [0.5, 0.6) is 0 Å². The molecule has 78 valence electrons. The van der Waals surface area contributed by atoms with Crippen LogP contribution in [0.4, 0.5) is 0 Å². The molecule has 0 spiro atoms. The van der Waals surface area contributed by atoms with Gasteiger partial charge >= 0.3 is 0 Å². The van der Waals surface area contributed by atoms with Crippen molar-refractivity contribution in [2.45, 2.75) is 11.6 Å². The van der Waals surface area contributed by atoms with Gasteiger partial charge in [0.25, 0.3) is 0 Å². The van der Waals surface area contributed by atoms with Gasteiger partial charge in [0.2, 0.25) is 0 Å². The van der Waals surface area contributed by atoms with Crippen LogP contribution in [0, 0.1) is 0 Å². The van der Waals surface area contributed by atoms with Crippen LogP contribution in [-0.4, -0.2) is 42.6 Å². The molecule has 1 nitrogen and oxygen atoms in total. The summed E-state index contributed by atoms with van der Waals surface area (Å²) >= 11 is 7.57. The molecule has 0 saturated carbocycles. The Hall–Kier alpha value is 1.18. The third-order valence-electron chi connectivity index (χ3n) is 1.11. The summed E-state index contributed by atoms with van der Waals surface area (Å²) in [5, 5.41) is 0. The van der Waals surface area contributed by atoms with Gasteiger partial charge in [-0.25, -0.2) is 0 Å². The summed E-state index contributed by atoms with van der Waals surface area (Å²) in [6.07, 6.45) is 0. The molecule has 0 radical (unpaired) electrons. The minimum Gasteiger partial charge on any atom is -1.00 e. The Morgan fingerprint density at radius 1 is 1.33 bits per heavy atom. The summed E-state index contributed by atoms with van der Waals surface area (Å²) in [4.78, 5) is 0.